The molecule has 0 spiro atoms. The molecular formula is C17H12Cl2N2O2S. The number of nitrogens with zero attached hydrogens (tertiary/aromatic N) is 1. The summed E-state index contributed by atoms with van der Waals surface area (Å²) in [5.41, 5.74) is 1.69. The Morgan fingerprint density at radius 1 is 1.17 bits per heavy atom. The third-order valence-corrected chi connectivity index (χ3v) is 4.45. The van der Waals surface area contributed by atoms with Crippen LogP contribution >= 0.6 is 34.5 Å². The van der Waals surface area contributed by atoms with E-state index in [1.54, 1.807) is 35.7 Å². The maximum absolute atomic E-state index is 12.0. The van der Waals surface area contributed by atoms with Gasteiger partial charge in [0.1, 0.15) is 10.8 Å². The molecule has 122 valence electrons. The highest BCUT2D eigenvalue weighted by Gasteiger charge is 2.07. The Kier molecular flexibility index (Phi) is 5.35. The summed E-state index contributed by atoms with van der Waals surface area (Å²) < 4.78 is 5.40. The molecule has 0 saturated carbocycles. The number of amides is 1. The molecule has 1 amide bonds. The van der Waals surface area contributed by atoms with E-state index in [0.29, 0.717) is 21.5 Å². The van der Waals surface area contributed by atoms with Gasteiger partial charge in [0.15, 0.2) is 6.61 Å². The predicted octanol–water partition coefficient (Wildman–Crippen LogP) is 5.13. The Bertz CT molecular complexity index is 836. The van der Waals surface area contributed by atoms with E-state index in [-0.39, 0.29) is 12.5 Å². The molecule has 1 N–H and O–H groups in total. The molecule has 0 bridgehead atoms. The predicted molar refractivity (Wildman–Crippen MR) is 98.1 cm³/mol. The van der Waals surface area contributed by atoms with Gasteiger partial charge in [-0.3, -0.25) is 4.79 Å². The van der Waals surface area contributed by atoms with Crippen molar-refractivity contribution in [3.05, 3.63) is 64.1 Å². The Hall–Kier alpha value is -2.08. The molecule has 0 aliphatic rings. The molecule has 0 radical (unpaired) electrons. The summed E-state index contributed by atoms with van der Waals surface area (Å²) in [6.07, 6.45) is 1.76. The van der Waals surface area contributed by atoms with Gasteiger partial charge in [-0.2, -0.15) is 0 Å². The van der Waals surface area contributed by atoms with Crippen molar-refractivity contribution in [2.75, 3.05) is 11.9 Å². The molecular weight excluding hydrogens is 367 g/mol. The van der Waals surface area contributed by atoms with Crippen molar-refractivity contribution in [1.29, 1.82) is 0 Å². The number of hydrogen-bond acceptors (Lipinski definition) is 4. The van der Waals surface area contributed by atoms with Crippen LogP contribution in [0.25, 0.3) is 10.6 Å². The lowest BCUT2D eigenvalue weighted by molar-refractivity contribution is -0.118. The molecule has 7 heteroatoms. The van der Waals surface area contributed by atoms with Gasteiger partial charge in [-0.05, 0) is 42.5 Å². The van der Waals surface area contributed by atoms with E-state index in [0.717, 1.165) is 10.6 Å². The number of thiazole rings is 1. The zero-order chi connectivity index (χ0) is 16.9. The number of aromatic nitrogens is 1. The fourth-order valence-electron chi connectivity index (χ4n) is 1.99. The van der Waals surface area contributed by atoms with Crippen molar-refractivity contribution in [3.8, 4) is 16.3 Å². The summed E-state index contributed by atoms with van der Waals surface area (Å²) in [7, 11) is 0. The van der Waals surface area contributed by atoms with E-state index in [9.17, 15) is 4.79 Å². The molecule has 0 unspecified atom stereocenters. The van der Waals surface area contributed by atoms with Gasteiger partial charge in [-0.25, -0.2) is 4.98 Å². The summed E-state index contributed by atoms with van der Waals surface area (Å²) in [4.78, 5) is 16.2. The smallest absolute Gasteiger partial charge is 0.262 e. The van der Waals surface area contributed by atoms with E-state index >= 15 is 0 Å². The zero-order valence-corrected chi connectivity index (χ0v) is 14.7. The SMILES string of the molecule is O=C(COc1ccc(Cl)cc1Cl)Nc1ccc(-c2nccs2)cc1. The van der Waals surface area contributed by atoms with Crippen LogP contribution in [-0.2, 0) is 4.79 Å². The average Bonchev–Trinajstić information content (AvgIpc) is 3.09. The van der Waals surface area contributed by atoms with Crippen molar-refractivity contribution in [3.63, 3.8) is 0 Å². The monoisotopic (exact) mass is 378 g/mol. The molecule has 0 fully saturated rings. The van der Waals surface area contributed by atoms with Crippen LogP contribution in [0.2, 0.25) is 10.0 Å². The molecule has 1 aromatic heterocycles. The summed E-state index contributed by atoms with van der Waals surface area (Å²) >= 11 is 13.4. The summed E-state index contributed by atoms with van der Waals surface area (Å²) in [6.45, 7) is -0.143. The van der Waals surface area contributed by atoms with Crippen LogP contribution in [0, 0.1) is 0 Å². The fraction of sp³-hybridized carbons (Fsp3) is 0.0588. The Morgan fingerprint density at radius 2 is 1.96 bits per heavy atom. The van der Waals surface area contributed by atoms with E-state index in [2.05, 4.69) is 10.3 Å². The topological polar surface area (TPSA) is 51.2 Å². The van der Waals surface area contributed by atoms with Gasteiger partial charge in [0.25, 0.3) is 5.91 Å². The number of anilines is 1. The van der Waals surface area contributed by atoms with Gasteiger partial charge in [0.2, 0.25) is 0 Å². The first-order chi connectivity index (χ1) is 11.6. The van der Waals surface area contributed by atoms with Gasteiger partial charge in [0.05, 0.1) is 5.02 Å². The van der Waals surface area contributed by atoms with Crippen LogP contribution in [0.3, 0.4) is 0 Å². The minimum atomic E-state index is -0.275. The molecule has 4 nitrogen and oxygen atoms in total. The van der Waals surface area contributed by atoms with Gasteiger partial charge >= 0.3 is 0 Å². The fourth-order valence-corrected chi connectivity index (χ4v) is 3.10. The van der Waals surface area contributed by atoms with Gasteiger partial charge < -0.3 is 10.1 Å². The van der Waals surface area contributed by atoms with Crippen molar-refractivity contribution in [2.24, 2.45) is 0 Å². The minimum Gasteiger partial charge on any atom is -0.482 e. The molecule has 0 aliphatic carbocycles. The van der Waals surface area contributed by atoms with Gasteiger partial charge in [-0.15, -0.1) is 11.3 Å². The van der Waals surface area contributed by atoms with E-state index in [4.69, 9.17) is 27.9 Å². The molecule has 3 aromatic rings. The molecule has 1 heterocycles. The third-order valence-electron chi connectivity index (χ3n) is 3.10. The molecule has 2 aromatic carbocycles. The van der Waals surface area contributed by atoms with Crippen LogP contribution < -0.4 is 10.1 Å². The number of carbonyl (C=O) groups excluding carboxylic acids is 1. The van der Waals surface area contributed by atoms with Gasteiger partial charge in [-0.1, -0.05) is 23.2 Å². The largest absolute Gasteiger partial charge is 0.482 e. The number of benzene rings is 2. The standard InChI is InChI=1S/C17H12Cl2N2O2S/c18-12-3-6-15(14(19)9-12)23-10-16(22)21-13-4-1-11(2-5-13)17-20-7-8-24-17/h1-9H,10H2,(H,21,22). The second-order valence-electron chi connectivity index (χ2n) is 4.83. The second kappa shape index (κ2) is 7.66. The number of halogens is 2. The Balaban J connectivity index is 1.56. The quantitative estimate of drug-likeness (QED) is 0.668. The minimum absolute atomic E-state index is 0.143. The molecule has 0 atom stereocenters. The van der Waals surface area contributed by atoms with E-state index in [1.165, 1.54) is 0 Å². The first-order valence-electron chi connectivity index (χ1n) is 6.99. The molecule has 0 saturated heterocycles. The molecule has 0 aliphatic heterocycles. The third kappa shape index (κ3) is 4.26. The highest BCUT2D eigenvalue weighted by atomic mass is 35.5. The van der Waals surface area contributed by atoms with E-state index in [1.807, 2.05) is 29.6 Å². The van der Waals surface area contributed by atoms with Crippen LogP contribution in [0.4, 0.5) is 5.69 Å². The van der Waals surface area contributed by atoms with Crippen LogP contribution in [-0.4, -0.2) is 17.5 Å². The number of ether oxygens (including phenoxy) is 1. The Labute approximate surface area is 153 Å². The maximum Gasteiger partial charge on any atom is 0.262 e. The number of rotatable bonds is 5. The lowest BCUT2D eigenvalue weighted by atomic mass is 10.2. The van der Waals surface area contributed by atoms with Crippen molar-refractivity contribution >= 4 is 46.1 Å². The Morgan fingerprint density at radius 3 is 2.62 bits per heavy atom. The molecule has 24 heavy (non-hydrogen) atoms. The van der Waals surface area contributed by atoms with Crippen molar-refractivity contribution in [1.82, 2.24) is 4.98 Å². The number of nitrogens with one attached hydrogen (secondary N) is 1. The van der Waals surface area contributed by atoms with Crippen LogP contribution in [0.1, 0.15) is 0 Å². The maximum atomic E-state index is 12.0. The average molecular weight is 379 g/mol. The number of hydrogen-bond donors (Lipinski definition) is 1. The summed E-state index contributed by atoms with van der Waals surface area (Å²) in [5.74, 6) is 0.137. The first-order valence-corrected chi connectivity index (χ1v) is 8.63. The van der Waals surface area contributed by atoms with Gasteiger partial charge in [0, 0.05) is 27.9 Å². The highest BCUT2D eigenvalue weighted by molar-refractivity contribution is 7.13. The second-order valence-corrected chi connectivity index (χ2v) is 6.56. The normalized spacial score (nSPS) is 10.4. The van der Waals surface area contributed by atoms with Crippen molar-refractivity contribution in [2.45, 2.75) is 0 Å². The van der Waals surface area contributed by atoms with Crippen molar-refractivity contribution < 1.29 is 9.53 Å². The lowest BCUT2D eigenvalue weighted by Gasteiger charge is -2.09. The van der Waals surface area contributed by atoms with E-state index < -0.39 is 0 Å². The van der Waals surface area contributed by atoms with Crippen LogP contribution in [0.5, 0.6) is 5.75 Å². The lowest BCUT2D eigenvalue weighted by Crippen LogP contribution is -2.20. The first kappa shape index (κ1) is 16.8. The zero-order valence-electron chi connectivity index (χ0n) is 12.3. The molecule has 3 rings (SSSR count). The highest BCUT2D eigenvalue weighted by Crippen LogP contribution is 2.27. The summed E-state index contributed by atoms with van der Waals surface area (Å²) in [6, 6.07) is 12.3. The summed E-state index contributed by atoms with van der Waals surface area (Å²) in [5, 5.41) is 6.50. The number of carbonyl (C=O) groups is 1. The van der Waals surface area contributed by atoms with Crippen LogP contribution in [0.15, 0.2) is 54.0 Å².